The van der Waals surface area contributed by atoms with Crippen LogP contribution in [0.1, 0.15) is 29.8 Å². The molecule has 2 unspecified atom stereocenters. The molecule has 0 saturated carbocycles. The van der Waals surface area contributed by atoms with Crippen molar-refractivity contribution in [1.82, 2.24) is 10.2 Å². The molecule has 2 saturated heterocycles. The van der Waals surface area contributed by atoms with Crippen molar-refractivity contribution in [1.29, 1.82) is 0 Å². The van der Waals surface area contributed by atoms with Gasteiger partial charge >= 0.3 is 5.88 Å². The smallest absolute Gasteiger partial charge is 0.395 e. The van der Waals surface area contributed by atoms with Crippen molar-refractivity contribution in [2.45, 2.75) is 25.3 Å². The van der Waals surface area contributed by atoms with Crippen molar-refractivity contribution in [2.24, 2.45) is 5.92 Å². The second-order valence-corrected chi connectivity index (χ2v) is 5.41. The predicted octanol–water partition coefficient (Wildman–Crippen LogP) is 0.929. The summed E-state index contributed by atoms with van der Waals surface area (Å²) < 4.78 is 4.95. The number of nitrogens with one attached hydrogen (secondary N) is 1. The van der Waals surface area contributed by atoms with Gasteiger partial charge in [-0.3, -0.25) is 19.7 Å². The molecular formula is C13H15N3O5. The standard InChI is InChI=1S/C13H15N3O5/c17-11-3-1-8-7-15(6-5-9(8)14-11)13(18)10-2-4-12(21-10)16(19)20/h2,4,8-9H,1,3,5-7H2,(H,14,17). The fraction of sp³-hybridized carbons (Fsp3) is 0.538. The fourth-order valence-electron chi connectivity index (χ4n) is 2.99. The highest BCUT2D eigenvalue weighted by Crippen LogP contribution is 2.27. The third kappa shape index (κ3) is 2.61. The summed E-state index contributed by atoms with van der Waals surface area (Å²) in [6.07, 6.45) is 1.94. The molecule has 1 N–H and O–H groups in total. The van der Waals surface area contributed by atoms with Crippen LogP contribution >= 0.6 is 0 Å². The molecule has 0 aliphatic carbocycles. The van der Waals surface area contributed by atoms with Gasteiger partial charge < -0.3 is 14.6 Å². The Balaban J connectivity index is 1.68. The minimum absolute atomic E-state index is 0.0139. The van der Waals surface area contributed by atoms with Crippen LogP contribution in [0.3, 0.4) is 0 Å². The quantitative estimate of drug-likeness (QED) is 0.645. The molecule has 1 aromatic rings. The molecule has 21 heavy (non-hydrogen) atoms. The van der Waals surface area contributed by atoms with E-state index in [0.29, 0.717) is 25.9 Å². The van der Waals surface area contributed by atoms with Crippen molar-refractivity contribution in [3.63, 3.8) is 0 Å². The van der Waals surface area contributed by atoms with Crippen LogP contribution in [0.2, 0.25) is 0 Å². The fourth-order valence-corrected chi connectivity index (χ4v) is 2.99. The normalized spacial score (nSPS) is 25.1. The molecule has 0 aromatic carbocycles. The number of hydrogen-bond donors (Lipinski definition) is 1. The summed E-state index contributed by atoms with van der Waals surface area (Å²) in [4.78, 5) is 35.2. The molecule has 3 heterocycles. The van der Waals surface area contributed by atoms with Gasteiger partial charge in [0, 0.05) is 25.6 Å². The van der Waals surface area contributed by atoms with E-state index in [0.717, 1.165) is 6.42 Å². The van der Waals surface area contributed by atoms with E-state index in [2.05, 4.69) is 5.32 Å². The number of carbonyl (C=O) groups excluding carboxylic acids is 2. The number of piperidine rings is 2. The molecule has 3 rings (SSSR count). The predicted molar refractivity (Wildman–Crippen MR) is 70.5 cm³/mol. The van der Waals surface area contributed by atoms with E-state index in [4.69, 9.17) is 4.42 Å². The van der Waals surface area contributed by atoms with Crippen LogP contribution in [-0.2, 0) is 4.79 Å². The zero-order valence-corrected chi connectivity index (χ0v) is 11.3. The average Bonchev–Trinajstić information content (AvgIpc) is 2.96. The van der Waals surface area contributed by atoms with Crippen molar-refractivity contribution in [2.75, 3.05) is 13.1 Å². The van der Waals surface area contributed by atoms with Crippen LogP contribution in [0.25, 0.3) is 0 Å². The Hall–Kier alpha value is -2.38. The summed E-state index contributed by atoms with van der Waals surface area (Å²) in [7, 11) is 0. The first-order valence-corrected chi connectivity index (χ1v) is 6.87. The molecule has 0 radical (unpaired) electrons. The number of hydrogen-bond acceptors (Lipinski definition) is 5. The van der Waals surface area contributed by atoms with E-state index < -0.39 is 10.8 Å². The Labute approximate surface area is 120 Å². The SMILES string of the molecule is O=C1CCC2CN(C(=O)c3ccc([N+](=O)[O-])o3)CCC2N1. The summed E-state index contributed by atoms with van der Waals surface area (Å²) in [5, 5.41) is 13.5. The Kier molecular flexibility index (Phi) is 3.36. The number of fused-ring (bicyclic) bond motifs is 1. The highest BCUT2D eigenvalue weighted by atomic mass is 16.6. The van der Waals surface area contributed by atoms with Gasteiger partial charge in [-0.25, -0.2) is 0 Å². The molecule has 2 amide bonds. The van der Waals surface area contributed by atoms with E-state index >= 15 is 0 Å². The van der Waals surface area contributed by atoms with E-state index in [1.54, 1.807) is 4.90 Å². The van der Waals surface area contributed by atoms with E-state index in [1.807, 2.05) is 0 Å². The summed E-state index contributed by atoms with van der Waals surface area (Å²) in [5.74, 6) is -0.473. The lowest BCUT2D eigenvalue weighted by atomic mass is 9.85. The van der Waals surface area contributed by atoms with Gasteiger partial charge in [0.1, 0.15) is 4.92 Å². The third-order valence-electron chi connectivity index (χ3n) is 4.09. The number of furan rings is 1. The minimum Gasteiger partial charge on any atom is -0.395 e. The number of nitro groups is 1. The summed E-state index contributed by atoms with van der Waals surface area (Å²) in [6, 6.07) is 2.64. The van der Waals surface area contributed by atoms with Crippen LogP contribution in [0.15, 0.2) is 16.5 Å². The van der Waals surface area contributed by atoms with E-state index in [1.165, 1.54) is 12.1 Å². The van der Waals surface area contributed by atoms with Crippen LogP contribution in [0.5, 0.6) is 0 Å². The number of nitrogens with zero attached hydrogens (tertiary/aromatic N) is 2. The van der Waals surface area contributed by atoms with Gasteiger partial charge in [0.15, 0.2) is 5.76 Å². The maximum Gasteiger partial charge on any atom is 0.433 e. The monoisotopic (exact) mass is 293 g/mol. The molecule has 112 valence electrons. The van der Waals surface area contributed by atoms with Gasteiger partial charge in [-0.05, 0) is 24.8 Å². The second-order valence-electron chi connectivity index (χ2n) is 5.41. The van der Waals surface area contributed by atoms with Crippen LogP contribution in [-0.4, -0.2) is 40.8 Å². The third-order valence-corrected chi connectivity index (χ3v) is 4.09. The lowest BCUT2D eigenvalue weighted by Crippen LogP contribution is -2.55. The van der Waals surface area contributed by atoms with Gasteiger partial charge in [-0.1, -0.05) is 0 Å². The van der Waals surface area contributed by atoms with E-state index in [-0.39, 0.29) is 29.5 Å². The Morgan fingerprint density at radius 3 is 2.95 bits per heavy atom. The van der Waals surface area contributed by atoms with E-state index in [9.17, 15) is 19.7 Å². The topological polar surface area (TPSA) is 106 Å². The average molecular weight is 293 g/mol. The molecule has 2 atom stereocenters. The molecule has 2 fully saturated rings. The minimum atomic E-state index is -0.667. The number of rotatable bonds is 2. The lowest BCUT2D eigenvalue weighted by Gasteiger charge is -2.41. The van der Waals surface area contributed by atoms with Gasteiger partial charge in [0.25, 0.3) is 5.91 Å². The van der Waals surface area contributed by atoms with Crippen molar-refractivity contribution in [3.05, 3.63) is 28.0 Å². The molecule has 8 nitrogen and oxygen atoms in total. The van der Waals surface area contributed by atoms with Crippen LogP contribution < -0.4 is 5.32 Å². The first-order chi connectivity index (χ1) is 10.0. The summed E-state index contributed by atoms with van der Waals surface area (Å²) in [6.45, 7) is 1.05. The van der Waals surface area contributed by atoms with Crippen LogP contribution in [0, 0.1) is 16.0 Å². The number of carbonyl (C=O) groups is 2. The maximum absolute atomic E-state index is 12.3. The lowest BCUT2D eigenvalue weighted by molar-refractivity contribution is -0.402. The molecule has 2 aliphatic heterocycles. The molecule has 2 aliphatic rings. The maximum atomic E-state index is 12.3. The molecule has 0 spiro atoms. The van der Waals surface area contributed by atoms with Gasteiger partial charge in [-0.15, -0.1) is 0 Å². The molecule has 0 bridgehead atoms. The first-order valence-electron chi connectivity index (χ1n) is 6.87. The zero-order chi connectivity index (χ0) is 15.0. The molecule has 1 aromatic heterocycles. The van der Waals surface area contributed by atoms with Crippen LogP contribution in [0.4, 0.5) is 5.88 Å². The van der Waals surface area contributed by atoms with Gasteiger partial charge in [0.05, 0.1) is 6.07 Å². The molecular weight excluding hydrogens is 278 g/mol. The Morgan fingerprint density at radius 1 is 1.43 bits per heavy atom. The van der Waals surface area contributed by atoms with Crippen molar-refractivity contribution in [3.8, 4) is 0 Å². The first kappa shape index (κ1) is 13.6. The number of likely N-dealkylation sites (tertiary alicyclic amines) is 1. The van der Waals surface area contributed by atoms with Crippen molar-refractivity contribution >= 4 is 17.7 Å². The zero-order valence-electron chi connectivity index (χ0n) is 11.3. The number of amides is 2. The largest absolute Gasteiger partial charge is 0.433 e. The van der Waals surface area contributed by atoms with Crippen molar-refractivity contribution < 1.29 is 18.9 Å². The summed E-state index contributed by atoms with van der Waals surface area (Å²) >= 11 is 0. The van der Waals surface area contributed by atoms with Gasteiger partial charge in [-0.2, -0.15) is 0 Å². The highest BCUT2D eigenvalue weighted by Gasteiger charge is 2.36. The highest BCUT2D eigenvalue weighted by molar-refractivity contribution is 5.92. The van der Waals surface area contributed by atoms with Gasteiger partial charge in [0.2, 0.25) is 5.91 Å². The Bertz CT molecular complexity index is 596. The Morgan fingerprint density at radius 2 is 2.24 bits per heavy atom. The molecule has 8 heteroatoms. The second kappa shape index (κ2) is 5.19. The summed E-state index contributed by atoms with van der Waals surface area (Å²) in [5.41, 5.74) is 0.